The van der Waals surface area contributed by atoms with E-state index in [1.807, 2.05) is 26.8 Å². The van der Waals surface area contributed by atoms with E-state index in [0.717, 1.165) is 0 Å². The molecule has 0 radical (unpaired) electrons. The lowest BCUT2D eigenvalue weighted by Gasteiger charge is -2.31. The fraction of sp³-hybridized carbons (Fsp3) is 0.323. The molecule has 0 aromatic heterocycles. The van der Waals surface area contributed by atoms with Crippen molar-refractivity contribution in [3.05, 3.63) is 99.8 Å². The number of fused-ring (bicyclic) bond motifs is 1. The highest BCUT2D eigenvalue weighted by Crippen LogP contribution is 2.41. The molecule has 3 amide bonds. The van der Waals surface area contributed by atoms with Crippen molar-refractivity contribution in [3.8, 4) is 0 Å². The molecule has 4 rings (SSSR count). The van der Waals surface area contributed by atoms with E-state index in [1.54, 1.807) is 59.5 Å². The maximum Gasteiger partial charge on any atom is 0.404 e. The summed E-state index contributed by atoms with van der Waals surface area (Å²) < 4.78 is 20.5. The van der Waals surface area contributed by atoms with Crippen LogP contribution in [-0.2, 0) is 27.4 Å². The first-order valence-electron chi connectivity index (χ1n) is 13.2. The maximum absolute atomic E-state index is 14.1. The highest BCUT2D eigenvalue weighted by molar-refractivity contribution is 6.30. The lowest BCUT2D eigenvalue weighted by atomic mass is 9.94. The number of nitrogens with zero attached hydrogens (tertiary/aromatic N) is 1. The molecule has 8 nitrogen and oxygen atoms in total. The van der Waals surface area contributed by atoms with Crippen molar-refractivity contribution in [2.24, 2.45) is 5.41 Å². The standard InChI is InChI=1S/C31H33ClFN3O5/c1-31(2,3)18-36-25-12-11-22(32)14-23(25)28(20-9-6-7-19(13-20)16-35-30(39)40)41-26(29(36)38)15-27(37)34-17-21-8-4-5-10-24(21)33/h4-14,26,28,35H,15-18H2,1-3H3,(H,34,37)(H,39,40). The van der Waals surface area contributed by atoms with E-state index in [9.17, 15) is 18.8 Å². The summed E-state index contributed by atoms with van der Waals surface area (Å²) in [5.74, 6) is -1.28. The van der Waals surface area contributed by atoms with E-state index >= 15 is 0 Å². The van der Waals surface area contributed by atoms with Crippen molar-refractivity contribution >= 4 is 35.2 Å². The van der Waals surface area contributed by atoms with E-state index in [-0.39, 0.29) is 30.8 Å². The molecule has 1 aliphatic rings. The van der Waals surface area contributed by atoms with Crippen LogP contribution in [0.4, 0.5) is 14.9 Å². The Morgan fingerprint density at radius 2 is 1.78 bits per heavy atom. The number of amides is 3. The van der Waals surface area contributed by atoms with Crippen molar-refractivity contribution in [2.45, 2.75) is 52.5 Å². The third kappa shape index (κ3) is 7.83. The number of carbonyl (C=O) groups is 3. The van der Waals surface area contributed by atoms with E-state index in [2.05, 4.69) is 10.6 Å². The van der Waals surface area contributed by atoms with Gasteiger partial charge in [0.2, 0.25) is 5.91 Å². The van der Waals surface area contributed by atoms with Gasteiger partial charge in [-0.25, -0.2) is 9.18 Å². The van der Waals surface area contributed by atoms with Crippen LogP contribution in [0.25, 0.3) is 0 Å². The minimum absolute atomic E-state index is 0.0317. The van der Waals surface area contributed by atoms with Gasteiger partial charge in [-0.1, -0.05) is 74.8 Å². The summed E-state index contributed by atoms with van der Waals surface area (Å²) in [6.45, 7) is 6.42. The average Bonchev–Trinajstić information content (AvgIpc) is 3.01. The van der Waals surface area contributed by atoms with Crippen molar-refractivity contribution in [3.63, 3.8) is 0 Å². The molecule has 1 aliphatic heterocycles. The Hall–Kier alpha value is -3.95. The Morgan fingerprint density at radius 1 is 1.02 bits per heavy atom. The fourth-order valence-corrected chi connectivity index (χ4v) is 4.90. The molecule has 2 unspecified atom stereocenters. The predicted molar refractivity (Wildman–Crippen MR) is 154 cm³/mol. The van der Waals surface area contributed by atoms with Gasteiger partial charge >= 0.3 is 6.09 Å². The molecule has 3 aromatic rings. The molecule has 10 heteroatoms. The predicted octanol–water partition coefficient (Wildman–Crippen LogP) is 5.82. The first-order chi connectivity index (χ1) is 19.4. The molecule has 41 heavy (non-hydrogen) atoms. The minimum Gasteiger partial charge on any atom is -0.465 e. The number of anilines is 1. The SMILES string of the molecule is CC(C)(C)CN1C(=O)C(CC(=O)NCc2ccccc2F)OC(c2cccc(CNC(=O)O)c2)c2cc(Cl)ccc21. The highest BCUT2D eigenvalue weighted by Gasteiger charge is 2.39. The normalized spacial score (nSPS) is 17.0. The second-order valence-corrected chi connectivity index (χ2v) is 11.6. The highest BCUT2D eigenvalue weighted by atomic mass is 35.5. The van der Waals surface area contributed by atoms with Gasteiger partial charge in [0.25, 0.3) is 5.91 Å². The van der Waals surface area contributed by atoms with Gasteiger partial charge in [0.15, 0.2) is 0 Å². The van der Waals surface area contributed by atoms with Crippen LogP contribution in [0.5, 0.6) is 0 Å². The summed E-state index contributed by atoms with van der Waals surface area (Å²) in [6, 6.07) is 18.5. The quantitative estimate of drug-likeness (QED) is 0.311. The number of rotatable bonds is 8. The van der Waals surface area contributed by atoms with Gasteiger partial charge in [-0.3, -0.25) is 9.59 Å². The molecule has 0 bridgehead atoms. The smallest absolute Gasteiger partial charge is 0.404 e. The minimum atomic E-state index is -1.16. The van der Waals surface area contributed by atoms with Crippen LogP contribution in [0.2, 0.25) is 5.02 Å². The van der Waals surface area contributed by atoms with Gasteiger partial charge in [-0.05, 0) is 40.8 Å². The van der Waals surface area contributed by atoms with Gasteiger partial charge < -0.3 is 25.4 Å². The van der Waals surface area contributed by atoms with Gasteiger partial charge in [0.05, 0.1) is 6.42 Å². The zero-order valence-corrected chi connectivity index (χ0v) is 23.9. The largest absolute Gasteiger partial charge is 0.465 e. The molecule has 3 aromatic carbocycles. The van der Waals surface area contributed by atoms with E-state index < -0.39 is 30.0 Å². The Balaban J connectivity index is 1.70. The molecule has 0 saturated carbocycles. The van der Waals surface area contributed by atoms with Gasteiger partial charge in [0, 0.05) is 41.5 Å². The molecular weight excluding hydrogens is 549 g/mol. The number of halogens is 2. The van der Waals surface area contributed by atoms with Crippen LogP contribution in [0, 0.1) is 11.2 Å². The van der Waals surface area contributed by atoms with E-state index in [1.165, 1.54) is 6.07 Å². The van der Waals surface area contributed by atoms with Crippen LogP contribution < -0.4 is 15.5 Å². The monoisotopic (exact) mass is 581 g/mol. The number of benzene rings is 3. The molecule has 3 N–H and O–H groups in total. The van der Waals surface area contributed by atoms with E-state index in [0.29, 0.717) is 39.5 Å². The number of hydrogen-bond donors (Lipinski definition) is 3. The van der Waals surface area contributed by atoms with Crippen LogP contribution in [0.3, 0.4) is 0 Å². The summed E-state index contributed by atoms with van der Waals surface area (Å²) in [5, 5.41) is 14.5. The van der Waals surface area contributed by atoms with Gasteiger partial charge in [-0.15, -0.1) is 0 Å². The number of carboxylic acid groups (broad SMARTS) is 1. The number of hydrogen-bond acceptors (Lipinski definition) is 4. The topological polar surface area (TPSA) is 108 Å². The van der Waals surface area contributed by atoms with Crippen LogP contribution >= 0.6 is 11.6 Å². The fourth-order valence-electron chi connectivity index (χ4n) is 4.72. The number of ether oxygens (including phenoxy) is 1. The molecule has 216 valence electrons. The summed E-state index contributed by atoms with van der Waals surface area (Å²) in [6.07, 6.45) is -3.38. The first kappa shape index (κ1) is 30.0. The average molecular weight is 582 g/mol. The Kier molecular flexibility index (Phi) is 9.30. The summed E-state index contributed by atoms with van der Waals surface area (Å²) in [5.41, 5.74) is 2.66. The molecular formula is C31H33ClFN3O5. The van der Waals surface area contributed by atoms with Crippen molar-refractivity contribution in [1.82, 2.24) is 10.6 Å². The number of nitrogens with one attached hydrogen (secondary N) is 2. The van der Waals surface area contributed by atoms with Crippen LogP contribution in [0.15, 0.2) is 66.7 Å². The third-order valence-corrected chi connectivity index (χ3v) is 6.77. The number of carbonyl (C=O) groups excluding carboxylic acids is 2. The third-order valence-electron chi connectivity index (χ3n) is 6.54. The zero-order valence-electron chi connectivity index (χ0n) is 23.1. The first-order valence-corrected chi connectivity index (χ1v) is 13.6. The maximum atomic E-state index is 14.1. The van der Waals surface area contributed by atoms with Gasteiger partial charge in [-0.2, -0.15) is 0 Å². The van der Waals surface area contributed by atoms with Crippen molar-refractivity contribution in [2.75, 3.05) is 11.4 Å². The van der Waals surface area contributed by atoms with Gasteiger partial charge in [0.1, 0.15) is 18.0 Å². The van der Waals surface area contributed by atoms with Crippen LogP contribution in [-0.4, -0.2) is 35.7 Å². The Morgan fingerprint density at radius 3 is 2.49 bits per heavy atom. The molecule has 1 heterocycles. The van der Waals surface area contributed by atoms with Crippen LogP contribution in [0.1, 0.15) is 55.5 Å². The molecule has 2 atom stereocenters. The lowest BCUT2D eigenvalue weighted by molar-refractivity contribution is -0.138. The zero-order chi connectivity index (χ0) is 29.7. The lowest BCUT2D eigenvalue weighted by Crippen LogP contribution is -2.45. The summed E-state index contributed by atoms with van der Waals surface area (Å²) in [4.78, 5) is 39.7. The van der Waals surface area contributed by atoms with E-state index in [4.69, 9.17) is 21.4 Å². The molecule has 0 saturated heterocycles. The Bertz CT molecular complexity index is 1440. The summed E-state index contributed by atoms with van der Waals surface area (Å²) >= 11 is 6.42. The second-order valence-electron chi connectivity index (χ2n) is 11.2. The Labute approximate surface area is 243 Å². The molecule has 0 aliphatic carbocycles. The molecule has 0 spiro atoms. The van der Waals surface area contributed by atoms with Crippen molar-refractivity contribution < 1.29 is 28.6 Å². The summed E-state index contributed by atoms with van der Waals surface area (Å²) in [7, 11) is 0. The molecule has 0 fully saturated rings. The second kappa shape index (κ2) is 12.7. The van der Waals surface area contributed by atoms with Crippen molar-refractivity contribution in [1.29, 1.82) is 0 Å².